The zero-order chi connectivity index (χ0) is 15.6. The van der Waals surface area contributed by atoms with E-state index < -0.39 is 23.2 Å². The minimum atomic E-state index is -4.58. The normalized spacial score (nSPS) is 11.3. The van der Waals surface area contributed by atoms with Crippen LogP contribution in [0.2, 0.25) is 0 Å². The third kappa shape index (κ3) is 3.13. The number of hydrogen-bond donors (Lipinski definition) is 0. The summed E-state index contributed by atoms with van der Waals surface area (Å²) in [5.74, 6) is -0.670. The van der Waals surface area contributed by atoms with E-state index in [1.807, 2.05) is 0 Å². The molecule has 1 amide bonds. The number of halogens is 3. The first-order chi connectivity index (χ1) is 9.84. The molecule has 2 aromatic rings. The van der Waals surface area contributed by atoms with Gasteiger partial charge in [-0.3, -0.25) is 9.69 Å². The Labute approximate surface area is 122 Å². The maximum Gasteiger partial charge on any atom is 0.417 e. The quantitative estimate of drug-likeness (QED) is 0.873. The van der Waals surface area contributed by atoms with Crippen LogP contribution >= 0.6 is 11.3 Å². The first-order valence-corrected chi connectivity index (χ1v) is 6.57. The van der Waals surface area contributed by atoms with Crippen molar-refractivity contribution in [2.45, 2.75) is 6.18 Å². The molecule has 5 nitrogen and oxygen atoms in total. The van der Waals surface area contributed by atoms with E-state index in [-0.39, 0.29) is 11.8 Å². The van der Waals surface area contributed by atoms with Crippen LogP contribution in [0.15, 0.2) is 23.0 Å². The lowest BCUT2D eigenvalue weighted by molar-refractivity contribution is -0.137. The van der Waals surface area contributed by atoms with E-state index in [9.17, 15) is 18.0 Å². The summed E-state index contributed by atoms with van der Waals surface area (Å²) in [7, 11) is 2.68. The van der Waals surface area contributed by atoms with Crippen molar-refractivity contribution in [2.75, 3.05) is 19.1 Å². The summed E-state index contributed by atoms with van der Waals surface area (Å²) in [5.41, 5.74) is -1.39. The average molecular weight is 317 g/mol. The van der Waals surface area contributed by atoms with E-state index in [1.54, 1.807) is 0 Å². The molecule has 0 aliphatic rings. The van der Waals surface area contributed by atoms with Crippen LogP contribution in [0.3, 0.4) is 0 Å². The highest BCUT2D eigenvalue weighted by atomic mass is 32.1. The predicted molar refractivity (Wildman–Crippen MR) is 70.6 cm³/mol. The molecule has 0 aromatic carbocycles. The number of carbonyl (C=O) groups is 1. The molecule has 0 aliphatic heterocycles. The lowest BCUT2D eigenvalue weighted by atomic mass is 10.2. The number of thiophene rings is 1. The molecule has 0 saturated carbocycles. The largest absolute Gasteiger partial charge is 0.481 e. The number of nitrogens with zero attached hydrogens (tertiary/aromatic N) is 3. The van der Waals surface area contributed by atoms with Crippen molar-refractivity contribution < 1.29 is 22.7 Å². The number of hydrogen-bond acceptors (Lipinski definition) is 5. The van der Waals surface area contributed by atoms with Crippen LogP contribution in [0.5, 0.6) is 5.88 Å². The van der Waals surface area contributed by atoms with Gasteiger partial charge in [-0.1, -0.05) is 0 Å². The molecule has 0 unspecified atom stereocenters. The number of amides is 1. The first-order valence-electron chi connectivity index (χ1n) is 5.63. The van der Waals surface area contributed by atoms with Gasteiger partial charge in [0.15, 0.2) is 0 Å². The van der Waals surface area contributed by atoms with Gasteiger partial charge in [0.1, 0.15) is 0 Å². The molecule has 0 saturated heterocycles. The van der Waals surface area contributed by atoms with Crippen LogP contribution in [-0.4, -0.2) is 30.0 Å². The second-order valence-electron chi connectivity index (χ2n) is 3.96. The van der Waals surface area contributed by atoms with E-state index in [2.05, 4.69) is 9.97 Å². The van der Waals surface area contributed by atoms with Crippen molar-refractivity contribution in [2.24, 2.45) is 0 Å². The Balaban J connectivity index is 2.34. The molecule has 112 valence electrons. The van der Waals surface area contributed by atoms with E-state index >= 15 is 0 Å². The Bertz CT molecular complexity index is 657. The summed E-state index contributed by atoms with van der Waals surface area (Å²) in [6.45, 7) is 0. The summed E-state index contributed by atoms with van der Waals surface area (Å²) in [4.78, 5) is 20.9. The van der Waals surface area contributed by atoms with Gasteiger partial charge >= 0.3 is 6.18 Å². The molecule has 0 spiro atoms. The number of ether oxygens (including phenoxy) is 1. The maximum atomic E-state index is 12.8. The van der Waals surface area contributed by atoms with Gasteiger partial charge < -0.3 is 4.74 Å². The Morgan fingerprint density at radius 2 is 2.10 bits per heavy atom. The second-order valence-corrected chi connectivity index (χ2v) is 4.70. The fraction of sp³-hybridized carbons (Fsp3) is 0.250. The van der Waals surface area contributed by atoms with Gasteiger partial charge in [0.05, 0.1) is 18.2 Å². The summed E-state index contributed by atoms with van der Waals surface area (Å²) < 4.78 is 43.3. The fourth-order valence-corrected chi connectivity index (χ4v) is 2.39. The molecular formula is C12H10F3N3O2S. The Kier molecular flexibility index (Phi) is 4.12. The lowest BCUT2D eigenvalue weighted by Crippen LogP contribution is -2.29. The van der Waals surface area contributed by atoms with Crippen molar-refractivity contribution in [1.29, 1.82) is 0 Å². The molecule has 21 heavy (non-hydrogen) atoms. The van der Waals surface area contributed by atoms with Crippen LogP contribution in [0.1, 0.15) is 15.9 Å². The van der Waals surface area contributed by atoms with Crippen molar-refractivity contribution >= 4 is 23.2 Å². The highest BCUT2D eigenvalue weighted by Crippen LogP contribution is 2.35. The van der Waals surface area contributed by atoms with Gasteiger partial charge in [-0.15, -0.1) is 0 Å². The number of alkyl halides is 3. The molecular weight excluding hydrogens is 307 g/mol. The Morgan fingerprint density at radius 1 is 1.38 bits per heavy atom. The van der Waals surface area contributed by atoms with Crippen LogP contribution < -0.4 is 9.64 Å². The summed E-state index contributed by atoms with van der Waals surface area (Å²) in [5, 5.41) is 2.05. The van der Waals surface area contributed by atoms with Crippen molar-refractivity contribution in [3.8, 4) is 5.88 Å². The van der Waals surface area contributed by atoms with Gasteiger partial charge in [0, 0.05) is 30.1 Å². The fourth-order valence-electron chi connectivity index (χ4n) is 1.56. The monoisotopic (exact) mass is 317 g/mol. The highest BCUT2D eigenvalue weighted by Gasteiger charge is 2.37. The molecule has 0 fully saturated rings. The first kappa shape index (κ1) is 15.2. The van der Waals surface area contributed by atoms with Crippen LogP contribution in [0.25, 0.3) is 0 Å². The van der Waals surface area contributed by atoms with E-state index in [0.29, 0.717) is 0 Å². The summed E-state index contributed by atoms with van der Waals surface area (Å²) >= 11 is 0.809. The summed E-state index contributed by atoms with van der Waals surface area (Å²) in [6, 6.07) is 1.47. The molecule has 0 bridgehead atoms. The highest BCUT2D eigenvalue weighted by molar-refractivity contribution is 7.08. The van der Waals surface area contributed by atoms with Crippen molar-refractivity contribution in [3.05, 3.63) is 34.2 Å². The van der Waals surface area contributed by atoms with Crippen molar-refractivity contribution in [3.63, 3.8) is 0 Å². The molecule has 0 aliphatic carbocycles. The molecule has 9 heteroatoms. The maximum absolute atomic E-state index is 12.8. The second kappa shape index (κ2) is 5.68. The standard InChI is InChI=1S/C12H10F3N3O2S/c1-18(11-16-4-3-9(17-11)20-2)10(19)7-5-21-6-8(7)12(13,14)15/h3-6H,1-2H3. The van der Waals surface area contributed by atoms with Crippen LogP contribution in [0.4, 0.5) is 19.1 Å². The smallest absolute Gasteiger partial charge is 0.417 e. The molecule has 2 heterocycles. The number of methoxy groups -OCH3 is 1. The van der Waals surface area contributed by atoms with Crippen LogP contribution in [0, 0.1) is 0 Å². The third-order valence-corrected chi connectivity index (χ3v) is 3.37. The number of aromatic nitrogens is 2. The van der Waals surface area contributed by atoms with Crippen molar-refractivity contribution in [1.82, 2.24) is 9.97 Å². The Hall–Kier alpha value is -2.16. The summed E-state index contributed by atoms with van der Waals surface area (Å²) in [6.07, 6.45) is -3.23. The van der Waals surface area contributed by atoms with E-state index in [1.165, 1.54) is 26.4 Å². The zero-order valence-corrected chi connectivity index (χ0v) is 11.8. The number of rotatable bonds is 3. The topological polar surface area (TPSA) is 55.3 Å². The van der Waals surface area contributed by atoms with Gasteiger partial charge in [-0.05, 0) is 0 Å². The molecule has 0 N–H and O–H groups in total. The lowest BCUT2D eigenvalue weighted by Gasteiger charge is -2.16. The van der Waals surface area contributed by atoms with Gasteiger partial charge in [-0.2, -0.15) is 29.5 Å². The Morgan fingerprint density at radius 3 is 2.71 bits per heavy atom. The van der Waals surface area contributed by atoms with E-state index in [0.717, 1.165) is 27.0 Å². The van der Waals surface area contributed by atoms with E-state index in [4.69, 9.17) is 4.74 Å². The minimum absolute atomic E-state index is 0.0429. The van der Waals surface area contributed by atoms with Gasteiger partial charge in [-0.25, -0.2) is 4.98 Å². The molecule has 2 rings (SSSR count). The molecule has 0 radical (unpaired) electrons. The average Bonchev–Trinajstić information content (AvgIpc) is 2.95. The van der Waals surface area contributed by atoms with Crippen LogP contribution in [-0.2, 0) is 6.18 Å². The number of carbonyl (C=O) groups excluding carboxylic acids is 1. The molecule has 0 atom stereocenters. The third-order valence-electron chi connectivity index (χ3n) is 2.63. The van der Waals surface area contributed by atoms with Gasteiger partial charge in [0.25, 0.3) is 5.91 Å². The number of anilines is 1. The molecule has 2 aromatic heterocycles. The minimum Gasteiger partial charge on any atom is -0.481 e. The zero-order valence-electron chi connectivity index (χ0n) is 11.0. The predicted octanol–water partition coefficient (Wildman–Crippen LogP) is 2.84. The van der Waals surface area contributed by atoms with Gasteiger partial charge in [0.2, 0.25) is 11.8 Å². The SMILES string of the molecule is COc1ccnc(N(C)C(=O)c2cscc2C(F)(F)F)n1.